The van der Waals surface area contributed by atoms with Gasteiger partial charge >= 0.3 is 6.18 Å². The van der Waals surface area contributed by atoms with E-state index in [1.165, 1.54) is 12.4 Å². The summed E-state index contributed by atoms with van der Waals surface area (Å²) in [6.45, 7) is -1.21. The molecule has 2 heterocycles. The van der Waals surface area contributed by atoms with E-state index in [-0.39, 0.29) is 17.1 Å². The number of halogens is 3. The van der Waals surface area contributed by atoms with Crippen molar-refractivity contribution in [2.45, 2.75) is 51.2 Å². The molecule has 0 saturated heterocycles. The summed E-state index contributed by atoms with van der Waals surface area (Å²) in [5, 5.41) is 25.7. The molecule has 140 valence electrons. The number of aromatic nitrogens is 3. The highest BCUT2D eigenvalue weighted by molar-refractivity contribution is 5.68. The maximum absolute atomic E-state index is 12.5. The lowest BCUT2D eigenvalue weighted by molar-refractivity contribution is -0.142. The van der Waals surface area contributed by atoms with Crippen molar-refractivity contribution in [3.05, 3.63) is 34.8 Å². The third kappa shape index (κ3) is 4.37. The summed E-state index contributed by atoms with van der Waals surface area (Å²) >= 11 is 0. The third-order valence-corrected chi connectivity index (χ3v) is 4.43. The van der Waals surface area contributed by atoms with E-state index in [0.717, 1.165) is 41.6 Å². The van der Waals surface area contributed by atoms with Crippen molar-refractivity contribution < 1.29 is 13.2 Å². The molecule has 0 radical (unpaired) electrons. The molecule has 1 N–H and O–H groups in total. The van der Waals surface area contributed by atoms with Crippen LogP contribution in [-0.2, 0) is 19.4 Å². The number of alkyl halides is 3. The van der Waals surface area contributed by atoms with Gasteiger partial charge in [0.05, 0.1) is 17.4 Å². The van der Waals surface area contributed by atoms with E-state index in [2.05, 4.69) is 21.5 Å². The van der Waals surface area contributed by atoms with Crippen molar-refractivity contribution in [3.8, 4) is 12.1 Å². The van der Waals surface area contributed by atoms with E-state index in [1.807, 2.05) is 6.07 Å². The molecule has 6 nitrogen and oxygen atoms in total. The standard InChI is InChI=1S/C18H17F3N6/c19-18(20,21)11-27-10-12(9-24-27)25-17-15(8-23)14(7-22)13-5-3-1-2-4-6-16(13)26-17/h9-10H,1-6,11H2,(H,25,26). The van der Waals surface area contributed by atoms with E-state index in [0.29, 0.717) is 18.4 Å². The highest BCUT2D eigenvalue weighted by Gasteiger charge is 2.28. The topological polar surface area (TPSA) is 90.3 Å². The van der Waals surface area contributed by atoms with Crippen molar-refractivity contribution in [1.29, 1.82) is 10.5 Å². The van der Waals surface area contributed by atoms with Gasteiger partial charge in [0.15, 0.2) is 0 Å². The Balaban J connectivity index is 1.97. The first-order valence-electron chi connectivity index (χ1n) is 8.63. The first-order chi connectivity index (χ1) is 12.9. The number of pyridine rings is 1. The van der Waals surface area contributed by atoms with Crippen molar-refractivity contribution >= 4 is 11.5 Å². The second-order valence-corrected chi connectivity index (χ2v) is 6.44. The minimum Gasteiger partial charge on any atom is -0.337 e. The van der Waals surface area contributed by atoms with Crippen molar-refractivity contribution in [3.63, 3.8) is 0 Å². The van der Waals surface area contributed by atoms with Gasteiger partial charge in [-0.15, -0.1) is 0 Å². The number of aryl methyl sites for hydroxylation is 1. The number of nitriles is 2. The number of hydrogen-bond acceptors (Lipinski definition) is 5. The molecule has 27 heavy (non-hydrogen) atoms. The van der Waals surface area contributed by atoms with Gasteiger partial charge < -0.3 is 5.32 Å². The van der Waals surface area contributed by atoms with Crippen LogP contribution < -0.4 is 5.32 Å². The smallest absolute Gasteiger partial charge is 0.337 e. The van der Waals surface area contributed by atoms with E-state index in [4.69, 9.17) is 0 Å². The molecule has 0 unspecified atom stereocenters. The van der Waals surface area contributed by atoms with Gasteiger partial charge in [-0.3, -0.25) is 4.68 Å². The molecule has 0 fully saturated rings. The lowest BCUT2D eigenvalue weighted by Gasteiger charge is -2.17. The fourth-order valence-corrected chi connectivity index (χ4v) is 3.25. The first-order valence-corrected chi connectivity index (χ1v) is 8.63. The molecule has 9 heteroatoms. The number of hydrogen-bond donors (Lipinski definition) is 1. The molecule has 0 atom stereocenters. The predicted molar refractivity (Wildman–Crippen MR) is 91.1 cm³/mol. The Kier molecular flexibility index (Phi) is 5.31. The van der Waals surface area contributed by atoms with Gasteiger partial charge in [-0.1, -0.05) is 12.8 Å². The van der Waals surface area contributed by atoms with Crippen LogP contribution in [0, 0.1) is 22.7 Å². The number of nitrogens with one attached hydrogen (secondary N) is 1. The highest BCUT2D eigenvalue weighted by atomic mass is 19.4. The molecule has 0 spiro atoms. The Morgan fingerprint density at radius 1 is 1.07 bits per heavy atom. The Morgan fingerprint density at radius 2 is 1.78 bits per heavy atom. The third-order valence-electron chi connectivity index (χ3n) is 4.43. The van der Waals surface area contributed by atoms with E-state index < -0.39 is 12.7 Å². The summed E-state index contributed by atoms with van der Waals surface area (Å²) in [4.78, 5) is 4.53. The molecular weight excluding hydrogens is 357 g/mol. The molecule has 2 aromatic rings. The largest absolute Gasteiger partial charge is 0.408 e. The molecule has 3 rings (SSSR count). The highest BCUT2D eigenvalue weighted by Crippen LogP contribution is 2.29. The number of nitrogens with zero attached hydrogens (tertiary/aromatic N) is 5. The Bertz CT molecular complexity index is 917. The second kappa shape index (κ2) is 7.67. The summed E-state index contributed by atoms with van der Waals surface area (Å²) in [5.74, 6) is 0.180. The summed E-state index contributed by atoms with van der Waals surface area (Å²) in [6, 6.07) is 4.13. The average molecular weight is 374 g/mol. The van der Waals surface area contributed by atoms with Crippen LogP contribution in [-0.4, -0.2) is 20.9 Å². The lowest BCUT2D eigenvalue weighted by atomic mass is 9.91. The van der Waals surface area contributed by atoms with Crippen LogP contribution in [0.5, 0.6) is 0 Å². The molecule has 0 bridgehead atoms. The van der Waals surface area contributed by atoms with Gasteiger partial charge in [0, 0.05) is 11.9 Å². The summed E-state index contributed by atoms with van der Waals surface area (Å²) < 4.78 is 38.2. The second-order valence-electron chi connectivity index (χ2n) is 6.44. The van der Waals surface area contributed by atoms with Crippen molar-refractivity contribution in [2.75, 3.05) is 5.32 Å². The van der Waals surface area contributed by atoms with Crippen LogP contribution in [0.25, 0.3) is 0 Å². The van der Waals surface area contributed by atoms with Crippen molar-refractivity contribution in [2.24, 2.45) is 0 Å². The quantitative estimate of drug-likeness (QED) is 0.877. The fourth-order valence-electron chi connectivity index (χ4n) is 3.25. The monoisotopic (exact) mass is 374 g/mol. The molecule has 0 aliphatic heterocycles. The Labute approximate surface area is 154 Å². The molecule has 2 aromatic heterocycles. The molecule has 1 aliphatic rings. The van der Waals surface area contributed by atoms with E-state index in [1.54, 1.807) is 0 Å². The average Bonchev–Trinajstić information content (AvgIpc) is 3.00. The maximum atomic E-state index is 12.5. The summed E-state index contributed by atoms with van der Waals surface area (Å²) in [7, 11) is 0. The van der Waals surface area contributed by atoms with Gasteiger partial charge in [-0.25, -0.2) is 4.98 Å². The SMILES string of the molecule is N#Cc1c(Nc2cnn(CC(F)(F)F)c2)nc2c(c1C#N)CCCCCC2. The van der Waals surface area contributed by atoms with Gasteiger partial charge in [-0.2, -0.15) is 28.8 Å². The van der Waals surface area contributed by atoms with Crippen LogP contribution in [0.15, 0.2) is 12.4 Å². The minimum atomic E-state index is -4.38. The Morgan fingerprint density at radius 3 is 2.44 bits per heavy atom. The first kappa shape index (κ1) is 18.7. The molecule has 0 amide bonds. The zero-order valence-electron chi connectivity index (χ0n) is 14.5. The van der Waals surface area contributed by atoms with Gasteiger partial charge in [0.2, 0.25) is 0 Å². The van der Waals surface area contributed by atoms with Gasteiger partial charge in [0.25, 0.3) is 0 Å². The van der Waals surface area contributed by atoms with Crippen LogP contribution >= 0.6 is 0 Å². The molecule has 0 saturated carbocycles. The summed E-state index contributed by atoms with van der Waals surface area (Å²) in [5.41, 5.74) is 2.27. The lowest BCUT2D eigenvalue weighted by Crippen LogP contribution is -2.17. The van der Waals surface area contributed by atoms with E-state index >= 15 is 0 Å². The van der Waals surface area contributed by atoms with E-state index in [9.17, 15) is 23.7 Å². The van der Waals surface area contributed by atoms with Gasteiger partial charge in [0.1, 0.15) is 30.1 Å². The van der Waals surface area contributed by atoms with Crippen LogP contribution in [0.1, 0.15) is 48.1 Å². The minimum absolute atomic E-state index is 0.111. The number of anilines is 2. The van der Waals surface area contributed by atoms with Crippen LogP contribution in [0.3, 0.4) is 0 Å². The van der Waals surface area contributed by atoms with Crippen molar-refractivity contribution in [1.82, 2.24) is 14.8 Å². The summed E-state index contributed by atoms with van der Waals surface area (Å²) in [6.07, 6.45) is 3.49. The van der Waals surface area contributed by atoms with Gasteiger partial charge in [-0.05, 0) is 31.2 Å². The zero-order chi connectivity index (χ0) is 19.4. The zero-order valence-corrected chi connectivity index (χ0v) is 14.5. The maximum Gasteiger partial charge on any atom is 0.408 e. The fraction of sp³-hybridized carbons (Fsp3) is 0.444. The van der Waals surface area contributed by atoms with Crippen LogP contribution in [0.2, 0.25) is 0 Å². The normalized spacial score (nSPS) is 14.4. The molecular formula is C18H17F3N6. The number of rotatable bonds is 3. The Hall–Kier alpha value is -3.07. The molecule has 1 aliphatic carbocycles. The predicted octanol–water partition coefficient (Wildman–Crippen LogP) is 3.99. The molecule has 0 aromatic carbocycles. The number of fused-ring (bicyclic) bond motifs is 1. The van der Waals surface area contributed by atoms with Crippen LogP contribution in [0.4, 0.5) is 24.7 Å².